The van der Waals surface area contributed by atoms with Crippen LogP contribution in [0.15, 0.2) is 72.6 Å². The number of hydrogen-bond donors (Lipinski definition) is 2. The zero-order valence-electron chi connectivity index (χ0n) is 20.5. The van der Waals surface area contributed by atoms with Crippen molar-refractivity contribution in [3.05, 3.63) is 100 Å². The lowest BCUT2D eigenvalue weighted by Gasteiger charge is -2.41. The molecule has 1 amide bonds. The van der Waals surface area contributed by atoms with Gasteiger partial charge in [-0.1, -0.05) is 66.2 Å². The summed E-state index contributed by atoms with van der Waals surface area (Å²) in [5.74, 6) is -0.814. The Morgan fingerprint density at radius 1 is 1.00 bits per heavy atom. The first-order valence-electron chi connectivity index (χ1n) is 12.4. The fraction of sp³-hybridized carbons (Fsp3) is 0.241. The van der Waals surface area contributed by atoms with E-state index in [9.17, 15) is 14.7 Å². The molecule has 0 radical (unpaired) electrons. The van der Waals surface area contributed by atoms with Crippen LogP contribution in [0.4, 0.5) is 5.82 Å². The number of rotatable bonds is 5. The summed E-state index contributed by atoms with van der Waals surface area (Å²) in [4.78, 5) is 31.7. The largest absolute Gasteiger partial charge is 0.477 e. The molecule has 4 aromatic rings. The summed E-state index contributed by atoms with van der Waals surface area (Å²) >= 11 is 0. The van der Waals surface area contributed by atoms with Gasteiger partial charge < -0.3 is 15.3 Å². The van der Waals surface area contributed by atoms with Crippen LogP contribution in [0.3, 0.4) is 0 Å². The number of aromatic carboxylic acids is 1. The summed E-state index contributed by atoms with van der Waals surface area (Å²) in [6, 6.07) is 18.3. The smallest absolute Gasteiger partial charge is 0.341 e. The van der Waals surface area contributed by atoms with E-state index in [1.807, 2.05) is 35.2 Å². The van der Waals surface area contributed by atoms with Crippen molar-refractivity contribution in [1.29, 1.82) is 0 Å². The number of nitrogens with zero attached hydrogens (tertiary/aromatic N) is 4. The first-order chi connectivity index (χ1) is 18.0. The monoisotopic (exact) mass is 493 g/mol. The molecule has 1 aliphatic heterocycles. The molecule has 37 heavy (non-hydrogen) atoms. The average molecular weight is 494 g/mol. The van der Waals surface area contributed by atoms with Gasteiger partial charge in [-0.3, -0.25) is 4.79 Å². The van der Waals surface area contributed by atoms with Crippen LogP contribution in [0.5, 0.6) is 0 Å². The van der Waals surface area contributed by atoms with Gasteiger partial charge in [-0.15, -0.1) is 0 Å². The number of allylic oxidation sites excluding steroid dienone is 1. The summed E-state index contributed by atoms with van der Waals surface area (Å²) in [6.45, 7) is 3.88. The van der Waals surface area contributed by atoms with Crippen molar-refractivity contribution in [3.63, 3.8) is 0 Å². The maximum Gasteiger partial charge on any atom is 0.341 e. The molecule has 0 atom stereocenters. The van der Waals surface area contributed by atoms with Crippen molar-refractivity contribution < 1.29 is 14.7 Å². The zero-order chi connectivity index (χ0) is 25.6. The van der Waals surface area contributed by atoms with Crippen molar-refractivity contribution in [3.8, 4) is 0 Å². The van der Waals surface area contributed by atoms with E-state index in [2.05, 4.69) is 52.7 Å². The Hall–Kier alpha value is -4.46. The summed E-state index contributed by atoms with van der Waals surface area (Å²) in [7, 11) is 0. The molecule has 1 aliphatic carbocycles. The van der Waals surface area contributed by atoms with Gasteiger partial charge in [0.1, 0.15) is 16.9 Å². The van der Waals surface area contributed by atoms with E-state index in [4.69, 9.17) is 0 Å². The Kier molecular flexibility index (Phi) is 5.52. The van der Waals surface area contributed by atoms with E-state index in [1.54, 1.807) is 0 Å². The minimum Gasteiger partial charge on any atom is -0.477 e. The number of likely N-dealkylation sites (tertiary alicyclic amines) is 1. The number of carbonyl (C=O) groups excluding carboxylic acids is 1. The van der Waals surface area contributed by atoms with Crippen LogP contribution >= 0.6 is 0 Å². The topological polar surface area (TPSA) is 99.8 Å². The van der Waals surface area contributed by atoms with Crippen LogP contribution < -0.4 is 5.32 Å². The number of carboxylic acids is 1. The fourth-order valence-corrected chi connectivity index (χ4v) is 5.76. The van der Waals surface area contributed by atoms with Gasteiger partial charge in [-0.05, 0) is 36.5 Å². The number of carbonyl (C=O) groups is 2. The summed E-state index contributed by atoms with van der Waals surface area (Å²) in [5.41, 5.74) is 5.54. The van der Waals surface area contributed by atoms with Crippen molar-refractivity contribution in [2.75, 3.05) is 18.4 Å². The Bertz CT molecular complexity index is 1550. The number of benzene rings is 2. The molecule has 2 aromatic heterocycles. The van der Waals surface area contributed by atoms with Gasteiger partial charge in [-0.25, -0.2) is 9.78 Å². The molecule has 0 saturated carbocycles. The minimum absolute atomic E-state index is 0.0103. The lowest BCUT2D eigenvalue weighted by molar-refractivity contribution is 0.0682. The third kappa shape index (κ3) is 3.76. The first kappa shape index (κ1) is 23.0. The van der Waals surface area contributed by atoms with Gasteiger partial charge in [0, 0.05) is 31.2 Å². The van der Waals surface area contributed by atoms with Crippen molar-refractivity contribution in [2.24, 2.45) is 0 Å². The molecular weight excluding hydrogens is 466 g/mol. The number of hydrogen-bond acceptors (Lipinski definition) is 5. The molecule has 6 rings (SSSR count). The Balaban J connectivity index is 1.31. The maximum atomic E-state index is 13.8. The number of piperidine rings is 1. The third-order valence-corrected chi connectivity index (χ3v) is 7.80. The lowest BCUT2D eigenvalue weighted by Crippen LogP contribution is -2.45. The Labute approximate surface area is 214 Å². The molecule has 2 N–H and O–H groups in total. The molecule has 3 heterocycles. The standard InChI is InChI=1S/C29H27N5O3/c1-19-15-21-9-5-6-10-24(21)29(19)11-13-33(14-12-29)27(35)22-17-31-26-23(28(36)37)18-32-34(26)25(22)30-16-20-7-3-2-4-8-20/h2-10,15,17-18,30H,11-14,16H2,1H3,(H,36,37). The highest BCUT2D eigenvalue weighted by molar-refractivity contribution is 6.00. The molecule has 2 aliphatic rings. The van der Waals surface area contributed by atoms with Crippen molar-refractivity contribution in [1.82, 2.24) is 19.5 Å². The third-order valence-electron chi connectivity index (χ3n) is 7.80. The Morgan fingerprint density at radius 3 is 2.49 bits per heavy atom. The van der Waals surface area contributed by atoms with Gasteiger partial charge in [-0.2, -0.15) is 9.61 Å². The molecule has 1 fully saturated rings. The lowest BCUT2D eigenvalue weighted by atomic mass is 9.70. The molecular formula is C29H27N5O3. The van der Waals surface area contributed by atoms with Crippen LogP contribution in [-0.4, -0.2) is 49.6 Å². The summed E-state index contributed by atoms with van der Waals surface area (Å²) < 4.78 is 1.42. The molecule has 1 spiro atoms. The van der Waals surface area contributed by atoms with E-state index in [-0.39, 0.29) is 22.5 Å². The second-order valence-electron chi connectivity index (χ2n) is 9.75. The van der Waals surface area contributed by atoms with Crippen molar-refractivity contribution in [2.45, 2.75) is 31.7 Å². The normalized spacial score (nSPS) is 16.0. The molecule has 0 unspecified atom stereocenters. The predicted octanol–water partition coefficient (Wildman–Crippen LogP) is 4.63. The molecule has 8 nitrogen and oxygen atoms in total. The summed E-state index contributed by atoms with van der Waals surface area (Å²) in [6.07, 6.45) is 6.72. The number of anilines is 1. The van der Waals surface area contributed by atoms with Gasteiger partial charge in [0.15, 0.2) is 5.65 Å². The fourth-order valence-electron chi connectivity index (χ4n) is 5.76. The van der Waals surface area contributed by atoms with Crippen LogP contribution in [0.2, 0.25) is 0 Å². The molecule has 8 heteroatoms. The highest BCUT2D eigenvalue weighted by Crippen LogP contribution is 2.48. The summed E-state index contributed by atoms with van der Waals surface area (Å²) in [5, 5.41) is 17.1. The van der Waals surface area contributed by atoms with Gasteiger partial charge in [0.25, 0.3) is 5.91 Å². The van der Waals surface area contributed by atoms with E-state index < -0.39 is 5.97 Å². The second-order valence-corrected chi connectivity index (χ2v) is 9.75. The van der Waals surface area contributed by atoms with Crippen molar-refractivity contribution >= 4 is 29.4 Å². The number of fused-ring (bicyclic) bond motifs is 3. The molecule has 2 aromatic carbocycles. The van der Waals surface area contributed by atoms with Gasteiger partial charge >= 0.3 is 5.97 Å². The van der Waals surface area contributed by atoms with Gasteiger partial charge in [0.05, 0.1) is 6.20 Å². The minimum atomic E-state index is -1.11. The van der Waals surface area contributed by atoms with Crippen LogP contribution in [0.25, 0.3) is 11.7 Å². The molecule has 1 saturated heterocycles. The number of aromatic nitrogens is 3. The SMILES string of the molecule is CC1=Cc2ccccc2C12CCN(C(=O)c1cnc3c(C(=O)O)cnn3c1NCc1ccccc1)CC2. The average Bonchev–Trinajstić information content (AvgIpc) is 3.47. The van der Waals surface area contributed by atoms with Gasteiger partial charge in [0.2, 0.25) is 0 Å². The zero-order valence-corrected chi connectivity index (χ0v) is 20.5. The predicted molar refractivity (Wildman–Crippen MR) is 141 cm³/mol. The number of carboxylic acid groups (broad SMARTS) is 1. The maximum absolute atomic E-state index is 13.8. The van der Waals surface area contributed by atoms with Crippen LogP contribution in [-0.2, 0) is 12.0 Å². The second kappa shape index (κ2) is 8.89. The van der Waals surface area contributed by atoms with E-state index in [0.717, 1.165) is 18.4 Å². The highest BCUT2D eigenvalue weighted by Gasteiger charge is 2.43. The number of nitrogens with one attached hydrogen (secondary N) is 1. The Morgan fingerprint density at radius 2 is 1.73 bits per heavy atom. The highest BCUT2D eigenvalue weighted by atomic mass is 16.4. The van der Waals surface area contributed by atoms with Crippen LogP contribution in [0, 0.1) is 0 Å². The van der Waals surface area contributed by atoms with Crippen LogP contribution in [0.1, 0.15) is 57.2 Å². The first-order valence-corrected chi connectivity index (χ1v) is 12.4. The van der Waals surface area contributed by atoms with E-state index in [0.29, 0.717) is 31.0 Å². The van der Waals surface area contributed by atoms with E-state index >= 15 is 0 Å². The quantitative estimate of drug-likeness (QED) is 0.421. The molecule has 186 valence electrons. The number of amides is 1. The van der Waals surface area contributed by atoms with E-state index in [1.165, 1.54) is 33.6 Å². The molecule has 0 bridgehead atoms.